The molecule has 0 unspecified atom stereocenters. The number of amides is 1. The van der Waals surface area contributed by atoms with Gasteiger partial charge in [0.2, 0.25) is 5.91 Å². The molecule has 0 bridgehead atoms. The minimum absolute atomic E-state index is 0.0709. The van der Waals surface area contributed by atoms with E-state index in [1.165, 1.54) is 4.90 Å². The van der Waals surface area contributed by atoms with Gasteiger partial charge in [0.25, 0.3) is 0 Å². The molecule has 1 atom stereocenters. The summed E-state index contributed by atoms with van der Waals surface area (Å²) in [4.78, 5) is 12.5. The summed E-state index contributed by atoms with van der Waals surface area (Å²) in [6.07, 6.45) is 0.434. The summed E-state index contributed by atoms with van der Waals surface area (Å²) in [5.74, 6) is 0.149. The number of aliphatic hydroxyl groups is 1. The molecule has 0 heterocycles. The summed E-state index contributed by atoms with van der Waals surface area (Å²) in [5.41, 5.74) is 0. The first kappa shape index (κ1) is 9.43. The second kappa shape index (κ2) is 4.28. The lowest BCUT2D eigenvalue weighted by Crippen LogP contribution is -2.24. The fourth-order valence-electron chi connectivity index (χ4n) is 0.545. The normalized spacial score (nSPS) is 12.8. The van der Waals surface area contributed by atoms with Crippen LogP contribution in [0.1, 0.15) is 13.3 Å². The van der Waals surface area contributed by atoms with Gasteiger partial charge in [0, 0.05) is 27.1 Å². The van der Waals surface area contributed by atoms with Crippen LogP contribution in [-0.4, -0.2) is 36.6 Å². The zero-order valence-electron chi connectivity index (χ0n) is 6.79. The zero-order valence-corrected chi connectivity index (χ0v) is 6.79. The number of carbonyl (C=O) groups excluding carboxylic acids is 1. The summed E-state index contributed by atoms with van der Waals surface area (Å²) in [6, 6.07) is 0. The van der Waals surface area contributed by atoms with E-state index in [1.54, 1.807) is 14.1 Å². The molecule has 0 aromatic carbocycles. The molecular weight excluding hydrogens is 130 g/mol. The van der Waals surface area contributed by atoms with Crippen LogP contribution in [0.15, 0.2) is 0 Å². The molecule has 0 aliphatic heterocycles. The standard InChI is InChI=1S/C7H15NO2/c1-6(5-9)4-7(10)8(2)3/h6,9H,4-5H2,1-3H3/t6-/m0/s1. The predicted molar refractivity (Wildman–Crippen MR) is 39.6 cm³/mol. The van der Waals surface area contributed by atoms with Gasteiger partial charge in [-0.3, -0.25) is 4.79 Å². The van der Waals surface area contributed by atoms with Crippen LogP contribution < -0.4 is 0 Å². The van der Waals surface area contributed by atoms with Gasteiger partial charge in [0.05, 0.1) is 0 Å². The molecule has 60 valence electrons. The van der Waals surface area contributed by atoms with Crippen LogP contribution >= 0.6 is 0 Å². The average Bonchev–Trinajstić information content (AvgIpc) is 1.87. The van der Waals surface area contributed by atoms with Crippen molar-refractivity contribution in [2.24, 2.45) is 5.92 Å². The first-order chi connectivity index (χ1) is 4.57. The summed E-state index contributed by atoms with van der Waals surface area (Å²) in [7, 11) is 3.43. The Balaban J connectivity index is 3.57. The van der Waals surface area contributed by atoms with Gasteiger partial charge in [-0.05, 0) is 5.92 Å². The van der Waals surface area contributed by atoms with E-state index >= 15 is 0 Å². The maximum absolute atomic E-state index is 10.9. The third kappa shape index (κ3) is 3.45. The van der Waals surface area contributed by atoms with Crippen LogP contribution in [0, 0.1) is 5.92 Å². The lowest BCUT2D eigenvalue weighted by atomic mass is 10.1. The molecule has 1 amide bonds. The van der Waals surface area contributed by atoms with Crippen molar-refractivity contribution in [2.75, 3.05) is 20.7 Å². The number of carbonyl (C=O) groups is 1. The maximum atomic E-state index is 10.9. The summed E-state index contributed by atoms with van der Waals surface area (Å²) in [6.45, 7) is 1.93. The molecule has 3 nitrogen and oxygen atoms in total. The highest BCUT2D eigenvalue weighted by Gasteiger charge is 2.08. The van der Waals surface area contributed by atoms with Crippen molar-refractivity contribution in [3.63, 3.8) is 0 Å². The Labute approximate surface area is 61.6 Å². The van der Waals surface area contributed by atoms with Gasteiger partial charge in [-0.2, -0.15) is 0 Å². The molecule has 0 aromatic heterocycles. The van der Waals surface area contributed by atoms with Crippen LogP contribution in [0.5, 0.6) is 0 Å². The monoisotopic (exact) mass is 145 g/mol. The number of nitrogens with zero attached hydrogens (tertiary/aromatic N) is 1. The van der Waals surface area contributed by atoms with Gasteiger partial charge in [-0.1, -0.05) is 6.92 Å². The molecule has 1 N–H and O–H groups in total. The highest BCUT2D eigenvalue weighted by Crippen LogP contribution is 2.01. The van der Waals surface area contributed by atoms with E-state index in [9.17, 15) is 4.79 Å². The Hall–Kier alpha value is -0.570. The van der Waals surface area contributed by atoms with Crippen LogP contribution in [-0.2, 0) is 4.79 Å². The molecular formula is C7H15NO2. The van der Waals surface area contributed by atoms with Crippen molar-refractivity contribution in [1.29, 1.82) is 0 Å². The van der Waals surface area contributed by atoms with Gasteiger partial charge >= 0.3 is 0 Å². The quantitative estimate of drug-likeness (QED) is 0.611. The van der Waals surface area contributed by atoms with Gasteiger partial charge in [-0.25, -0.2) is 0 Å². The number of rotatable bonds is 3. The largest absolute Gasteiger partial charge is 0.396 e. The fraction of sp³-hybridized carbons (Fsp3) is 0.857. The Morgan fingerprint density at radius 2 is 2.10 bits per heavy atom. The summed E-state index contributed by atoms with van der Waals surface area (Å²) >= 11 is 0. The van der Waals surface area contributed by atoms with Gasteiger partial charge in [0.1, 0.15) is 0 Å². The molecule has 0 aliphatic rings. The molecule has 0 saturated carbocycles. The highest BCUT2D eigenvalue weighted by atomic mass is 16.3. The molecule has 10 heavy (non-hydrogen) atoms. The molecule has 0 spiro atoms. The van der Waals surface area contributed by atoms with E-state index < -0.39 is 0 Å². The van der Waals surface area contributed by atoms with E-state index in [0.717, 1.165) is 0 Å². The van der Waals surface area contributed by atoms with Gasteiger partial charge < -0.3 is 10.0 Å². The molecule has 0 aliphatic carbocycles. The summed E-state index contributed by atoms with van der Waals surface area (Å²) < 4.78 is 0. The van der Waals surface area contributed by atoms with Crippen molar-refractivity contribution in [1.82, 2.24) is 4.90 Å². The van der Waals surface area contributed by atoms with Crippen molar-refractivity contribution >= 4 is 5.91 Å². The van der Waals surface area contributed by atoms with Gasteiger partial charge in [-0.15, -0.1) is 0 Å². The second-order valence-corrected chi connectivity index (χ2v) is 2.78. The van der Waals surface area contributed by atoms with E-state index in [2.05, 4.69) is 0 Å². The first-order valence-electron chi connectivity index (χ1n) is 3.39. The van der Waals surface area contributed by atoms with Crippen molar-refractivity contribution < 1.29 is 9.90 Å². The minimum atomic E-state index is 0.0709. The van der Waals surface area contributed by atoms with E-state index in [1.807, 2.05) is 6.92 Å². The van der Waals surface area contributed by atoms with Crippen LogP contribution in [0.2, 0.25) is 0 Å². The number of hydrogen-bond donors (Lipinski definition) is 1. The first-order valence-corrected chi connectivity index (χ1v) is 3.39. The van der Waals surface area contributed by atoms with Crippen molar-refractivity contribution in [3.05, 3.63) is 0 Å². The third-order valence-corrected chi connectivity index (χ3v) is 1.33. The number of aliphatic hydroxyl groups excluding tert-OH is 1. The zero-order chi connectivity index (χ0) is 8.15. The average molecular weight is 145 g/mol. The van der Waals surface area contributed by atoms with E-state index in [0.29, 0.717) is 6.42 Å². The van der Waals surface area contributed by atoms with Crippen LogP contribution in [0.3, 0.4) is 0 Å². The van der Waals surface area contributed by atoms with E-state index in [4.69, 9.17) is 5.11 Å². The Bertz CT molecular complexity index is 112. The Kier molecular flexibility index (Phi) is 4.03. The van der Waals surface area contributed by atoms with Crippen LogP contribution in [0.4, 0.5) is 0 Å². The smallest absolute Gasteiger partial charge is 0.222 e. The van der Waals surface area contributed by atoms with Gasteiger partial charge in [0.15, 0.2) is 0 Å². The Morgan fingerprint density at radius 3 is 2.40 bits per heavy atom. The second-order valence-electron chi connectivity index (χ2n) is 2.78. The third-order valence-electron chi connectivity index (χ3n) is 1.33. The van der Waals surface area contributed by atoms with E-state index in [-0.39, 0.29) is 18.4 Å². The highest BCUT2D eigenvalue weighted by molar-refractivity contribution is 5.75. The molecule has 0 rings (SSSR count). The van der Waals surface area contributed by atoms with Crippen LogP contribution in [0.25, 0.3) is 0 Å². The molecule has 0 fully saturated rings. The molecule has 0 aromatic rings. The maximum Gasteiger partial charge on any atom is 0.222 e. The number of hydrogen-bond acceptors (Lipinski definition) is 2. The predicted octanol–water partition coefficient (Wildman–Crippen LogP) is 0.0931. The minimum Gasteiger partial charge on any atom is -0.396 e. The summed E-state index contributed by atoms with van der Waals surface area (Å²) in [5, 5.41) is 8.59. The van der Waals surface area contributed by atoms with Crippen molar-refractivity contribution in [3.8, 4) is 0 Å². The lowest BCUT2D eigenvalue weighted by Gasteiger charge is -2.12. The Morgan fingerprint density at radius 1 is 1.60 bits per heavy atom. The molecule has 3 heteroatoms. The SMILES string of the molecule is C[C@H](CO)CC(=O)N(C)C. The topological polar surface area (TPSA) is 40.5 Å². The lowest BCUT2D eigenvalue weighted by molar-refractivity contribution is -0.129. The van der Waals surface area contributed by atoms with Crippen molar-refractivity contribution in [2.45, 2.75) is 13.3 Å². The molecule has 0 saturated heterocycles. The fourth-order valence-corrected chi connectivity index (χ4v) is 0.545. The molecule has 0 radical (unpaired) electrons.